The Labute approximate surface area is 211 Å². The molecule has 0 spiro atoms. The van der Waals surface area contributed by atoms with E-state index in [4.69, 9.17) is 0 Å². The van der Waals surface area contributed by atoms with Crippen molar-refractivity contribution < 1.29 is 4.39 Å². The highest BCUT2D eigenvalue weighted by Crippen LogP contribution is 2.35. The number of benzene rings is 1. The highest BCUT2D eigenvalue weighted by molar-refractivity contribution is 6.00. The molecule has 0 saturated heterocycles. The molecular weight excluding hydrogens is 469 g/mol. The Balaban J connectivity index is 1.41. The van der Waals surface area contributed by atoms with Gasteiger partial charge in [0, 0.05) is 48.1 Å². The first-order chi connectivity index (χ1) is 18.0. The summed E-state index contributed by atoms with van der Waals surface area (Å²) in [5, 5.41) is 12.7. The molecule has 6 aromatic rings. The van der Waals surface area contributed by atoms with Crippen molar-refractivity contribution in [2.24, 2.45) is 0 Å². The van der Waals surface area contributed by atoms with Crippen molar-refractivity contribution in [1.29, 1.82) is 0 Å². The van der Waals surface area contributed by atoms with Crippen LogP contribution in [0.2, 0.25) is 0 Å². The van der Waals surface area contributed by atoms with E-state index in [1.807, 2.05) is 38.4 Å². The summed E-state index contributed by atoms with van der Waals surface area (Å²) in [5.74, 6) is -0.298. The van der Waals surface area contributed by atoms with Gasteiger partial charge < -0.3 is 15.2 Å². The Kier molecular flexibility index (Phi) is 5.78. The first-order valence-electron chi connectivity index (χ1n) is 11.8. The maximum absolute atomic E-state index is 14.6. The molecule has 0 radical (unpaired) electrons. The van der Waals surface area contributed by atoms with E-state index >= 15 is 0 Å². The Hall–Kier alpha value is -4.70. The highest BCUT2D eigenvalue weighted by atomic mass is 19.1. The summed E-state index contributed by atoms with van der Waals surface area (Å²) in [7, 11) is 4.01. The minimum absolute atomic E-state index is 0.298. The molecule has 0 amide bonds. The zero-order valence-corrected chi connectivity index (χ0v) is 20.3. The van der Waals surface area contributed by atoms with Gasteiger partial charge in [-0.15, -0.1) is 0 Å². The number of pyridine rings is 2. The molecule has 3 N–H and O–H groups in total. The van der Waals surface area contributed by atoms with Crippen LogP contribution in [0.5, 0.6) is 0 Å². The number of likely N-dealkylation sites (N-methyl/N-ethyl adjacent to an activating group) is 1. The van der Waals surface area contributed by atoms with Crippen molar-refractivity contribution in [3.63, 3.8) is 0 Å². The van der Waals surface area contributed by atoms with Crippen molar-refractivity contribution in [3.8, 4) is 33.9 Å². The zero-order valence-electron chi connectivity index (χ0n) is 20.3. The van der Waals surface area contributed by atoms with E-state index in [0.717, 1.165) is 51.0 Å². The Morgan fingerprint density at radius 1 is 0.919 bits per heavy atom. The van der Waals surface area contributed by atoms with Crippen LogP contribution in [-0.4, -0.2) is 67.2 Å². The summed E-state index contributed by atoms with van der Waals surface area (Å²) in [6.07, 6.45) is 8.40. The van der Waals surface area contributed by atoms with Crippen LogP contribution >= 0.6 is 0 Å². The Morgan fingerprint density at radius 2 is 1.84 bits per heavy atom. The van der Waals surface area contributed by atoms with Crippen molar-refractivity contribution in [2.75, 3.05) is 32.5 Å². The zero-order chi connectivity index (χ0) is 25.4. The van der Waals surface area contributed by atoms with Crippen molar-refractivity contribution in [3.05, 3.63) is 73.2 Å². The second kappa shape index (κ2) is 9.40. The van der Waals surface area contributed by atoms with Crippen molar-refractivity contribution in [1.82, 2.24) is 40.0 Å². The minimum Gasteiger partial charge on any atom is -0.384 e. The molecule has 0 aliphatic heterocycles. The van der Waals surface area contributed by atoms with Gasteiger partial charge in [0.05, 0.1) is 29.3 Å². The fraction of sp³-hybridized carbons (Fsp3) is 0.148. The van der Waals surface area contributed by atoms with Crippen LogP contribution in [0.3, 0.4) is 0 Å². The molecule has 10 heteroatoms. The van der Waals surface area contributed by atoms with Crippen LogP contribution in [0.4, 0.5) is 10.1 Å². The number of hydrogen-bond acceptors (Lipinski definition) is 7. The molecule has 0 bridgehead atoms. The predicted molar refractivity (Wildman–Crippen MR) is 142 cm³/mol. The SMILES string of the molecule is CN(C)CCNc1cc(F)cc(-c2ccnc3[nH]c(-c4n[nH]c5cnc(-c6cnccn6)cc45)cc23)c1. The molecule has 9 nitrogen and oxygen atoms in total. The fourth-order valence-corrected chi connectivity index (χ4v) is 4.37. The van der Waals surface area contributed by atoms with Crippen LogP contribution in [0, 0.1) is 5.82 Å². The molecule has 0 atom stereocenters. The summed E-state index contributed by atoms with van der Waals surface area (Å²) in [5.41, 5.74) is 6.78. The predicted octanol–water partition coefficient (Wildman–Crippen LogP) is 4.74. The average molecular weight is 494 g/mol. The first kappa shape index (κ1) is 22.7. The number of H-pyrrole nitrogens is 2. The molecule has 184 valence electrons. The third-order valence-corrected chi connectivity index (χ3v) is 6.16. The van der Waals surface area contributed by atoms with Gasteiger partial charge in [0.2, 0.25) is 0 Å². The van der Waals surface area contributed by atoms with Crippen LogP contribution in [0.25, 0.3) is 55.8 Å². The van der Waals surface area contributed by atoms with E-state index in [1.165, 1.54) is 6.07 Å². The second-order valence-electron chi connectivity index (χ2n) is 9.04. The van der Waals surface area contributed by atoms with Gasteiger partial charge in [-0.05, 0) is 61.6 Å². The number of hydrogen-bond donors (Lipinski definition) is 3. The van der Waals surface area contributed by atoms with Gasteiger partial charge in [-0.25, -0.2) is 9.37 Å². The lowest BCUT2D eigenvalue weighted by Crippen LogP contribution is -2.20. The monoisotopic (exact) mass is 493 g/mol. The molecular formula is C27H24FN9. The van der Waals surface area contributed by atoms with E-state index in [9.17, 15) is 4.39 Å². The van der Waals surface area contributed by atoms with Gasteiger partial charge in [0.25, 0.3) is 0 Å². The number of halogens is 1. The molecule has 0 aliphatic carbocycles. The summed E-state index contributed by atoms with van der Waals surface area (Å²) in [6, 6.07) is 10.9. The van der Waals surface area contributed by atoms with E-state index in [2.05, 4.69) is 45.3 Å². The summed E-state index contributed by atoms with van der Waals surface area (Å²) in [6.45, 7) is 1.56. The van der Waals surface area contributed by atoms with Gasteiger partial charge in [0.15, 0.2) is 0 Å². The minimum atomic E-state index is -0.298. The standard InChI is InChI=1S/C27H24FN9/c1-37(2)8-7-30-18-10-16(9-17(28)11-18)19-3-4-32-27-20(19)12-23(34-27)26-21-13-22(25-14-29-5-6-31-25)33-15-24(21)35-36-26/h3-6,9-15,30H,7-8H2,1-2H3,(H,32,34)(H,35,36). The lowest BCUT2D eigenvalue weighted by molar-refractivity contribution is 0.425. The second-order valence-corrected chi connectivity index (χ2v) is 9.04. The van der Waals surface area contributed by atoms with Gasteiger partial charge in [-0.1, -0.05) is 0 Å². The number of aromatic amines is 2. The molecule has 5 aromatic heterocycles. The number of aromatic nitrogens is 7. The van der Waals surface area contributed by atoms with E-state index in [-0.39, 0.29) is 5.82 Å². The normalized spacial score (nSPS) is 11.6. The smallest absolute Gasteiger partial charge is 0.138 e. The van der Waals surface area contributed by atoms with Crippen molar-refractivity contribution >= 4 is 27.6 Å². The molecule has 1 aromatic carbocycles. The van der Waals surface area contributed by atoms with Gasteiger partial charge in [-0.2, -0.15) is 5.10 Å². The van der Waals surface area contributed by atoms with E-state index < -0.39 is 0 Å². The van der Waals surface area contributed by atoms with E-state index in [0.29, 0.717) is 23.6 Å². The molecule has 0 saturated carbocycles. The topological polar surface area (TPSA) is 111 Å². The highest BCUT2D eigenvalue weighted by Gasteiger charge is 2.16. The van der Waals surface area contributed by atoms with Gasteiger partial charge in [0.1, 0.15) is 22.9 Å². The summed E-state index contributed by atoms with van der Waals surface area (Å²) >= 11 is 0. The van der Waals surface area contributed by atoms with Crippen LogP contribution in [0.15, 0.2) is 67.4 Å². The number of rotatable bonds is 7. The largest absolute Gasteiger partial charge is 0.384 e. The number of nitrogens with one attached hydrogen (secondary N) is 3. The Morgan fingerprint density at radius 3 is 2.68 bits per heavy atom. The average Bonchev–Trinajstić information content (AvgIpc) is 3.52. The number of fused-ring (bicyclic) bond motifs is 2. The molecule has 0 unspecified atom stereocenters. The van der Waals surface area contributed by atoms with Crippen LogP contribution in [0.1, 0.15) is 0 Å². The third kappa shape index (κ3) is 4.50. The van der Waals surface area contributed by atoms with E-state index in [1.54, 1.807) is 37.1 Å². The maximum Gasteiger partial charge on any atom is 0.138 e. The summed E-state index contributed by atoms with van der Waals surface area (Å²) < 4.78 is 14.6. The molecule has 5 heterocycles. The maximum atomic E-state index is 14.6. The van der Waals surface area contributed by atoms with Crippen LogP contribution < -0.4 is 5.32 Å². The first-order valence-corrected chi connectivity index (χ1v) is 11.8. The van der Waals surface area contributed by atoms with Gasteiger partial charge >= 0.3 is 0 Å². The quantitative estimate of drug-likeness (QED) is 0.295. The lowest BCUT2D eigenvalue weighted by Gasteiger charge is -2.13. The molecule has 37 heavy (non-hydrogen) atoms. The van der Waals surface area contributed by atoms with Crippen LogP contribution in [-0.2, 0) is 0 Å². The molecule has 6 rings (SSSR count). The Bertz CT molecular complexity index is 1710. The van der Waals surface area contributed by atoms with Crippen molar-refractivity contribution in [2.45, 2.75) is 0 Å². The van der Waals surface area contributed by atoms with Gasteiger partial charge in [-0.3, -0.25) is 20.1 Å². The molecule has 0 fully saturated rings. The summed E-state index contributed by atoms with van der Waals surface area (Å²) in [4.78, 5) is 23.0. The molecule has 0 aliphatic rings. The lowest BCUT2D eigenvalue weighted by atomic mass is 10.0. The third-order valence-electron chi connectivity index (χ3n) is 6.16. The number of anilines is 1. The fourth-order valence-electron chi connectivity index (χ4n) is 4.37. The number of nitrogens with zero attached hydrogens (tertiary/aromatic N) is 6.